The fourth-order valence-corrected chi connectivity index (χ4v) is 4.13. The molecule has 0 aromatic carbocycles. The van der Waals surface area contributed by atoms with Crippen LogP contribution in [-0.4, -0.2) is 60.2 Å². The van der Waals surface area contributed by atoms with Crippen LogP contribution >= 0.6 is 0 Å². The third-order valence-electron chi connectivity index (χ3n) is 5.40. The van der Waals surface area contributed by atoms with E-state index in [1.165, 1.54) is 0 Å². The number of nitriles is 1. The van der Waals surface area contributed by atoms with Crippen LogP contribution < -0.4 is 0 Å². The SMILES string of the molecule is COCCN1CCC[C@]2(CCN(Cc3cc(C#N)n(C)c3)C2)C1=O. The number of ether oxygens (including phenoxy) is 1. The first-order valence-electron chi connectivity index (χ1n) is 8.64. The van der Waals surface area contributed by atoms with E-state index in [1.54, 1.807) is 7.11 Å². The van der Waals surface area contributed by atoms with Gasteiger partial charge in [0.2, 0.25) is 5.91 Å². The van der Waals surface area contributed by atoms with E-state index in [2.05, 4.69) is 11.0 Å². The molecule has 6 nitrogen and oxygen atoms in total. The van der Waals surface area contributed by atoms with Gasteiger partial charge in [0.15, 0.2) is 0 Å². The summed E-state index contributed by atoms with van der Waals surface area (Å²) in [6.45, 7) is 4.73. The second-order valence-corrected chi connectivity index (χ2v) is 7.09. The van der Waals surface area contributed by atoms with Gasteiger partial charge in [-0.25, -0.2) is 0 Å². The number of nitrogens with zero attached hydrogens (tertiary/aromatic N) is 4. The van der Waals surface area contributed by atoms with Crippen LogP contribution in [0.2, 0.25) is 0 Å². The van der Waals surface area contributed by atoms with E-state index in [0.717, 1.165) is 51.0 Å². The zero-order chi connectivity index (χ0) is 17.2. The molecular weight excluding hydrogens is 304 g/mol. The summed E-state index contributed by atoms with van der Waals surface area (Å²) in [5.41, 5.74) is 1.61. The van der Waals surface area contributed by atoms with Crippen LogP contribution in [0.15, 0.2) is 12.3 Å². The number of aromatic nitrogens is 1. The Bertz CT molecular complexity index is 648. The molecule has 1 amide bonds. The summed E-state index contributed by atoms with van der Waals surface area (Å²) < 4.78 is 7.00. The Labute approximate surface area is 143 Å². The summed E-state index contributed by atoms with van der Waals surface area (Å²) in [6.07, 6.45) is 5.02. The first kappa shape index (κ1) is 17.0. The summed E-state index contributed by atoms with van der Waals surface area (Å²) in [7, 11) is 3.57. The van der Waals surface area contributed by atoms with Crippen molar-refractivity contribution in [2.24, 2.45) is 12.5 Å². The number of aryl methyl sites for hydroxylation is 1. The molecule has 0 N–H and O–H groups in total. The molecule has 24 heavy (non-hydrogen) atoms. The number of rotatable bonds is 5. The normalized spacial score (nSPS) is 24.7. The highest BCUT2D eigenvalue weighted by molar-refractivity contribution is 5.84. The molecule has 6 heteroatoms. The monoisotopic (exact) mass is 330 g/mol. The Kier molecular flexibility index (Phi) is 4.93. The highest BCUT2D eigenvalue weighted by Crippen LogP contribution is 2.40. The van der Waals surface area contributed by atoms with Crippen molar-refractivity contribution in [2.45, 2.75) is 25.8 Å². The van der Waals surface area contributed by atoms with Crippen LogP contribution in [-0.2, 0) is 23.1 Å². The second-order valence-electron chi connectivity index (χ2n) is 7.09. The van der Waals surface area contributed by atoms with Crippen molar-refractivity contribution in [1.82, 2.24) is 14.4 Å². The number of hydrogen-bond donors (Lipinski definition) is 0. The lowest BCUT2D eigenvalue weighted by Crippen LogP contribution is -2.50. The molecule has 0 unspecified atom stereocenters. The van der Waals surface area contributed by atoms with Crippen molar-refractivity contribution in [3.63, 3.8) is 0 Å². The van der Waals surface area contributed by atoms with Crippen LogP contribution in [0.25, 0.3) is 0 Å². The minimum atomic E-state index is -0.209. The number of likely N-dealkylation sites (tertiary alicyclic amines) is 2. The number of piperidine rings is 1. The molecule has 0 radical (unpaired) electrons. The maximum absolute atomic E-state index is 13.0. The van der Waals surface area contributed by atoms with E-state index in [-0.39, 0.29) is 5.41 Å². The largest absolute Gasteiger partial charge is 0.383 e. The molecule has 1 aromatic rings. The van der Waals surface area contributed by atoms with Crippen molar-refractivity contribution < 1.29 is 9.53 Å². The zero-order valence-corrected chi connectivity index (χ0v) is 14.6. The molecule has 130 valence electrons. The summed E-state index contributed by atoms with van der Waals surface area (Å²) >= 11 is 0. The van der Waals surface area contributed by atoms with Crippen molar-refractivity contribution in [1.29, 1.82) is 5.26 Å². The molecule has 0 bridgehead atoms. The van der Waals surface area contributed by atoms with Gasteiger partial charge in [-0.2, -0.15) is 5.26 Å². The average molecular weight is 330 g/mol. The van der Waals surface area contributed by atoms with Crippen LogP contribution in [0, 0.1) is 16.7 Å². The highest BCUT2D eigenvalue weighted by atomic mass is 16.5. The van der Waals surface area contributed by atoms with Crippen molar-refractivity contribution >= 4 is 5.91 Å². The third kappa shape index (κ3) is 3.19. The van der Waals surface area contributed by atoms with Crippen molar-refractivity contribution in [3.8, 4) is 6.07 Å². The van der Waals surface area contributed by atoms with Crippen LogP contribution in [0.3, 0.4) is 0 Å². The standard InChI is InChI=1S/C18H26N4O2/c1-20-12-15(10-16(20)11-19)13-21-7-5-18(14-21)4-3-6-22(17(18)23)8-9-24-2/h10,12H,3-9,13-14H2,1-2H3/t18-/m1/s1. The fraction of sp³-hybridized carbons (Fsp3) is 0.667. The number of carbonyl (C=O) groups excluding carboxylic acids is 1. The van der Waals surface area contributed by atoms with E-state index in [1.807, 2.05) is 28.8 Å². The topological polar surface area (TPSA) is 61.5 Å². The van der Waals surface area contributed by atoms with E-state index in [0.29, 0.717) is 24.8 Å². The first-order valence-corrected chi connectivity index (χ1v) is 8.64. The minimum Gasteiger partial charge on any atom is -0.383 e. The van der Waals surface area contributed by atoms with Crippen LogP contribution in [0.4, 0.5) is 0 Å². The van der Waals surface area contributed by atoms with Gasteiger partial charge in [0.25, 0.3) is 0 Å². The van der Waals surface area contributed by atoms with E-state index >= 15 is 0 Å². The lowest BCUT2D eigenvalue weighted by molar-refractivity contribution is -0.146. The minimum absolute atomic E-state index is 0.209. The summed E-state index contributed by atoms with van der Waals surface area (Å²) in [5.74, 6) is 0.305. The Hall–Kier alpha value is -1.84. The molecule has 1 atom stereocenters. The molecule has 2 fully saturated rings. The summed E-state index contributed by atoms with van der Waals surface area (Å²) in [5, 5.41) is 9.08. The lowest BCUT2D eigenvalue weighted by atomic mass is 9.78. The molecule has 0 aliphatic carbocycles. The van der Waals surface area contributed by atoms with Gasteiger partial charge < -0.3 is 14.2 Å². The van der Waals surface area contributed by atoms with E-state index in [4.69, 9.17) is 10.00 Å². The van der Waals surface area contributed by atoms with Gasteiger partial charge in [0.05, 0.1) is 12.0 Å². The number of carbonyl (C=O) groups is 1. The fourth-order valence-electron chi connectivity index (χ4n) is 4.13. The van der Waals surface area contributed by atoms with Crippen LogP contribution in [0.1, 0.15) is 30.5 Å². The smallest absolute Gasteiger partial charge is 0.230 e. The maximum atomic E-state index is 13.0. The number of hydrogen-bond acceptors (Lipinski definition) is 4. The quantitative estimate of drug-likeness (QED) is 0.818. The number of amides is 1. The molecule has 2 aliphatic rings. The Morgan fingerprint density at radius 2 is 2.21 bits per heavy atom. The molecule has 0 saturated carbocycles. The summed E-state index contributed by atoms with van der Waals surface area (Å²) in [4.78, 5) is 17.3. The summed E-state index contributed by atoms with van der Waals surface area (Å²) in [6, 6.07) is 4.14. The Morgan fingerprint density at radius 1 is 1.38 bits per heavy atom. The van der Waals surface area contributed by atoms with Gasteiger partial charge in [-0.15, -0.1) is 0 Å². The molecule has 2 saturated heterocycles. The predicted molar refractivity (Wildman–Crippen MR) is 90.1 cm³/mol. The lowest BCUT2D eigenvalue weighted by Gasteiger charge is -2.39. The zero-order valence-electron chi connectivity index (χ0n) is 14.6. The molecule has 3 heterocycles. The Balaban J connectivity index is 1.65. The van der Waals surface area contributed by atoms with E-state index in [9.17, 15) is 4.79 Å². The number of methoxy groups -OCH3 is 1. The second kappa shape index (κ2) is 6.96. The average Bonchev–Trinajstić information content (AvgIpc) is 3.13. The third-order valence-corrected chi connectivity index (χ3v) is 5.40. The van der Waals surface area contributed by atoms with Crippen molar-refractivity contribution in [2.75, 3.05) is 39.9 Å². The van der Waals surface area contributed by atoms with Gasteiger partial charge in [-0.1, -0.05) is 0 Å². The maximum Gasteiger partial charge on any atom is 0.230 e. The van der Waals surface area contributed by atoms with Crippen LogP contribution in [0.5, 0.6) is 0 Å². The molecule has 3 rings (SSSR count). The molecule has 1 spiro atoms. The first-order chi connectivity index (χ1) is 11.6. The molecular formula is C18H26N4O2. The highest BCUT2D eigenvalue weighted by Gasteiger charge is 2.48. The van der Waals surface area contributed by atoms with Gasteiger partial charge in [0, 0.05) is 46.5 Å². The van der Waals surface area contributed by atoms with Gasteiger partial charge in [0.1, 0.15) is 11.8 Å². The van der Waals surface area contributed by atoms with E-state index < -0.39 is 0 Å². The van der Waals surface area contributed by atoms with Gasteiger partial charge in [-0.05, 0) is 37.4 Å². The Morgan fingerprint density at radius 3 is 2.92 bits per heavy atom. The van der Waals surface area contributed by atoms with Gasteiger partial charge >= 0.3 is 0 Å². The van der Waals surface area contributed by atoms with Gasteiger partial charge in [-0.3, -0.25) is 9.69 Å². The van der Waals surface area contributed by atoms with Crippen molar-refractivity contribution in [3.05, 3.63) is 23.5 Å². The predicted octanol–water partition coefficient (Wildman–Crippen LogP) is 1.36. The molecule has 1 aromatic heterocycles. The molecule has 2 aliphatic heterocycles.